The summed E-state index contributed by atoms with van der Waals surface area (Å²) in [6.07, 6.45) is 4.85. The lowest BCUT2D eigenvalue weighted by atomic mass is 10.3. The van der Waals surface area contributed by atoms with Crippen LogP contribution in [0.25, 0.3) is 0 Å². The molecule has 1 N–H and O–H groups in total. The number of nitrogens with one attached hydrogen (secondary N) is 1. The van der Waals surface area contributed by atoms with Crippen LogP contribution in [0, 0.1) is 0 Å². The zero-order chi connectivity index (χ0) is 16.1. The van der Waals surface area contributed by atoms with E-state index in [-0.39, 0.29) is 24.3 Å². The molecule has 2 rings (SSSR count). The van der Waals surface area contributed by atoms with E-state index in [0.29, 0.717) is 31.7 Å². The number of carbonyl (C=O) groups is 3. The van der Waals surface area contributed by atoms with Crippen molar-refractivity contribution in [2.24, 2.45) is 0 Å². The Kier molecular flexibility index (Phi) is 4.92. The van der Waals surface area contributed by atoms with E-state index < -0.39 is 0 Å². The zero-order valence-corrected chi connectivity index (χ0v) is 12.5. The Hall–Kier alpha value is -2.64. The molecule has 118 valence electrons. The highest BCUT2D eigenvalue weighted by Crippen LogP contribution is 2.16. The molecule has 22 heavy (non-hydrogen) atoms. The van der Waals surface area contributed by atoms with Gasteiger partial charge in [-0.25, -0.2) is 0 Å². The molecule has 0 aromatic carbocycles. The molecule has 2 heterocycles. The highest BCUT2D eigenvalue weighted by molar-refractivity contribution is 5.99. The molecule has 0 atom stereocenters. The van der Waals surface area contributed by atoms with Gasteiger partial charge in [-0.05, 0) is 6.08 Å². The minimum absolute atomic E-state index is 0.0360. The van der Waals surface area contributed by atoms with E-state index in [1.165, 1.54) is 11.0 Å². The van der Waals surface area contributed by atoms with Crippen molar-refractivity contribution in [3.8, 4) is 0 Å². The summed E-state index contributed by atoms with van der Waals surface area (Å²) in [6, 6.07) is 0. The summed E-state index contributed by atoms with van der Waals surface area (Å²) in [7, 11) is 1.58. The van der Waals surface area contributed by atoms with Crippen molar-refractivity contribution in [3.63, 3.8) is 0 Å². The fraction of sp³-hybridized carbons (Fsp3) is 0.429. The number of nitrogens with zero attached hydrogens (tertiary/aromatic N) is 4. The summed E-state index contributed by atoms with van der Waals surface area (Å²) in [5, 5.41) is 6.69. The third-order valence-corrected chi connectivity index (χ3v) is 3.49. The number of anilines is 1. The van der Waals surface area contributed by atoms with E-state index in [0.717, 1.165) is 0 Å². The molecule has 8 nitrogen and oxygen atoms in total. The normalized spacial score (nSPS) is 14.9. The average Bonchev–Trinajstić information content (AvgIpc) is 3.00. The molecule has 0 aliphatic carbocycles. The maximum Gasteiger partial charge on any atom is 0.246 e. The number of carbonyl (C=O) groups excluding carboxylic acids is 3. The van der Waals surface area contributed by atoms with Crippen molar-refractivity contribution in [2.75, 3.05) is 31.6 Å². The quantitative estimate of drug-likeness (QED) is 0.735. The number of hydrogen-bond donors (Lipinski definition) is 1. The molecule has 1 aliphatic heterocycles. The Morgan fingerprint density at radius 1 is 1.45 bits per heavy atom. The lowest BCUT2D eigenvalue weighted by Crippen LogP contribution is -2.52. The number of piperazine rings is 1. The summed E-state index contributed by atoms with van der Waals surface area (Å²) < 4.78 is 1.62. The predicted molar refractivity (Wildman–Crippen MR) is 80.0 cm³/mol. The number of aryl methyl sites for hydroxylation is 1. The summed E-state index contributed by atoms with van der Waals surface area (Å²) in [4.78, 5) is 37.9. The maximum absolute atomic E-state index is 12.1. The lowest BCUT2D eigenvalue weighted by Gasteiger charge is -2.32. The summed E-state index contributed by atoms with van der Waals surface area (Å²) in [6.45, 7) is 4.78. The highest BCUT2D eigenvalue weighted by Gasteiger charge is 2.27. The molecule has 0 spiro atoms. The predicted octanol–water partition coefficient (Wildman–Crippen LogP) is -0.620. The zero-order valence-electron chi connectivity index (χ0n) is 12.5. The first-order chi connectivity index (χ1) is 10.5. The lowest BCUT2D eigenvalue weighted by molar-refractivity contribution is -0.133. The van der Waals surface area contributed by atoms with Crippen molar-refractivity contribution in [2.45, 2.75) is 13.0 Å². The molecule has 8 heteroatoms. The second kappa shape index (κ2) is 6.88. The molecule has 0 bridgehead atoms. The van der Waals surface area contributed by atoms with E-state index in [1.54, 1.807) is 29.0 Å². The van der Waals surface area contributed by atoms with Gasteiger partial charge in [0.15, 0.2) is 0 Å². The Morgan fingerprint density at radius 2 is 2.23 bits per heavy atom. The van der Waals surface area contributed by atoms with Gasteiger partial charge in [0.05, 0.1) is 11.9 Å². The fourth-order valence-corrected chi connectivity index (χ4v) is 2.22. The van der Waals surface area contributed by atoms with Crippen molar-refractivity contribution in [3.05, 3.63) is 25.0 Å². The highest BCUT2D eigenvalue weighted by atomic mass is 16.2. The molecule has 1 aliphatic rings. The van der Waals surface area contributed by atoms with Gasteiger partial charge in [0.1, 0.15) is 6.54 Å². The number of rotatable bonds is 5. The first kappa shape index (κ1) is 15.7. The second-order valence-electron chi connectivity index (χ2n) is 4.89. The van der Waals surface area contributed by atoms with Crippen molar-refractivity contribution < 1.29 is 14.4 Å². The largest absolute Gasteiger partial charge is 0.359 e. The van der Waals surface area contributed by atoms with Crippen LogP contribution in [0.15, 0.2) is 25.0 Å². The van der Waals surface area contributed by atoms with Crippen LogP contribution in [-0.4, -0.2) is 59.1 Å². The molecule has 0 radical (unpaired) electrons. The topological polar surface area (TPSA) is 87.5 Å². The van der Waals surface area contributed by atoms with E-state index in [9.17, 15) is 14.4 Å². The molecular weight excluding hydrogens is 286 g/mol. The molecule has 1 fully saturated rings. The van der Waals surface area contributed by atoms with Crippen molar-refractivity contribution in [1.82, 2.24) is 20.0 Å². The molecular formula is C14H19N5O3. The minimum Gasteiger partial charge on any atom is -0.359 e. The summed E-state index contributed by atoms with van der Waals surface area (Å²) in [5.74, 6) is -0.466. The Labute approximate surface area is 128 Å². The van der Waals surface area contributed by atoms with Gasteiger partial charge in [0.25, 0.3) is 0 Å². The van der Waals surface area contributed by atoms with Crippen LogP contribution in [0.5, 0.6) is 0 Å². The number of hydrogen-bond acceptors (Lipinski definition) is 4. The van der Waals surface area contributed by atoms with E-state index in [1.807, 2.05) is 0 Å². The molecule has 1 saturated heterocycles. The van der Waals surface area contributed by atoms with Crippen molar-refractivity contribution in [1.29, 1.82) is 0 Å². The van der Waals surface area contributed by atoms with E-state index in [4.69, 9.17) is 0 Å². The van der Waals surface area contributed by atoms with Crippen LogP contribution in [0.2, 0.25) is 0 Å². The molecule has 0 unspecified atom stereocenters. The van der Waals surface area contributed by atoms with Crippen LogP contribution >= 0.6 is 0 Å². The maximum atomic E-state index is 12.1. The van der Waals surface area contributed by atoms with E-state index in [2.05, 4.69) is 17.0 Å². The van der Waals surface area contributed by atoms with Gasteiger partial charge in [-0.2, -0.15) is 5.10 Å². The number of amides is 3. The van der Waals surface area contributed by atoms with Crippen LogP contribution in [0.4, 0.5) is 5.69 Å². The van der Waals surface area contributed by atoms with Crippen LogP contribution in [0.1, 0.15) is 6.42 Å². The van der Waals surface area contributed by atoms with Crippen LogP contribution < -0.4 is 10.2 Å². The van der Waals surface area contributed by atoms with E-state index >= 15 is 0 Å². The van der Waals surface area contributed by atoms with Gasteiger partial charge in [-0.3, -0.25) is 19.1 Å². The van der Waals surface area contributed by atoms with Gasteiger partial charge < -0.3 is 15.1 Å². The summed E-state index contributed by atoms with van der Waals surface area (Å²) in [5.41, 5.74) is 0.674. The minimum atomic E-state index is -0.241. The average molecular weight is 305 g/mol. The Morgan fingerprint density at radius 3 is 2.86 bits per heavy atom. The molecule has 3 amide bonds. The SMILES string of the molecule is C=CC(=O)N1CCN(c2cnn(CCC(=O)NC)c2)C(=O)C1. The van der Waals surface area contributed by atoms with Gasteiger partial charge in [0, 0.05) is 39.3 Å². The number of aromatic nitrogens is 2. The monoisotopic (exact) mass is 305 g/mol. The van der Waals surface area contributed by atoms with Crippen LogP contribution in [-0.2, 0) is 20.9 Å². The molecule has 0 saturated carbocycles. The Balaban J connectivity index is 1.97. The fourth-order valence-electron chi connectivity index (χ4n) is 2.22. The van der Waals surface area contributed by atoms with Gasteiger partial charge in [-0.1, -0.05) is 6.58 Å². The van der Waals surface area contributed by atoms with Crippen LogP contribution in [0.3, 0.4) is 0 Å². The third-order valence-electron chi connectivity index (χ3n) is 3.49. The van der Waals surface area contributed by atoms with Crippen molar-refractivity contribution >= 4 is 23.4 Å². The van der Waals surface area contributed by atoms with Gasteiger partial charge >= 0.3 is 0 Å². The first-order valence-corrected chi connectivity index (χ1v) is 7.00. The molecule has 1 aromatic heterocycles. The standard InChI is InChI=1S/C14H19N5O3/c1-3-13(21)17-6-7-19(14(22)10-17)11-8-16-18(9-11)5-4-12(20)15-2/h3,8-9H,1,4-7,10H2,2H3,(H,15,20). The first-order valence-electron chi connectivity index (χ1n) is 7.00. The smallest absolute Gasteiger partial charge is 0.246 e. The van der Waals surface area contributed by atoms with Gasteiger partial charge in [0.2, 0.25) is 17.7 Å². The summed E-state index contributed by atoms with van der Waals surface area (Å²) >= 11 is 0. The molecule has 1 aromatic rings. The van der Waals surface area contributed by atoms with Gasteiger partial charge in [-0.15, -0.1) is 0 Å². The Bertz CT molecular complexity index is 595. The third kappa shape index (κ3) is 3.51. The second-order valence-corrected chi connectivity index (χ2v) is 4.89.